The standard InChI is InChI=1S/C14H14ClF2NO5S/c1-14(2-3-24(21,22)7-14)18-12(19)6-23-13(20)8-4-10(16)11(17)5-9(8)15/h4-5H,2-3,6-7H2,1H3,(H,18,19)/t14-/m1/s1. The number of sulfone groups is 1. The highest BCUT2D eigenvalue weighted by Gasteiger charge is 2.39. The molecule has 0 bridgehead atoms. The predicted octanol–water partition coefficient (Wildman–Crippen LogP) is 1.47. The van der Waals surface area contributed by atoms with Crippen LogP contribution in [-0.4, -0.2) is 43.9 Å². The van der Waals surface area contributed by atoms with Crippen molar-refractivity contribution >= 4 is 33.3 Å². The molecule has 1 N–H and O–H groups in total. The topological polar surface area (TPSA) is 89.5 Å². The van der Waals surface area contributed by atoms with Gasteiger partial charge in [0, 0.05) is 0 Å². The van der Waals surface area contributed by atoms with Crippen LogP contribution in [0.5, 0.6) is 0 Å². The maximum Gasteiger partial charge on any atom is 0.340 e. The van der Waals surface area contributed by atoms with Crippen LogP contribution in [0.15, 0.2) is 12.1 Å². The third kappa shape index (κ3) is 4.41. The fourth-order valence-electron chi connectivity index (χ4n) is 2.37. The molecule has 0 radical (unpaired) electrons. The third-order valence-corrected chi connectivity index (χ3v) is 5.72. The van der Waals surface area contributed by atoms with E-state index < -0.39 is 51.1 Å². The molecular weight excluding hydrogens is 368 g/mol. The highest BCUT2D eigenvalue weighted by Crippen LogP contribution is 2.23. The van der Waals surface area contributed by atoms with Crippen molar-refractivity contribution in [1.82, 2.24) is 5.32 Å². The number of hydrogen-bond donors (Lipinski definition) is 1. The molecule has 0 unspecified atom stereocenters. The predicted molar refractivity (Wildman–Crippen MR) is 81.5 cm³/mol. The molecule has 1 aromatic carbocycles. The second kappa shape index (κ2) is 6.64. The average Bonchev–Trinajstić information content (AvgIpc) is 2.73. The van der Waals surface area contributed by atoms with Crippen molar-refractivity contribution in [3.8, 4) is 0 Å². The lowest BCUT2D eigenvalue weighted by Crippen LogP contribution is -2.48. The van der Waals surface area contributed by atoms with Gasteiger partial charge in [0.25, 0.3) is 5.91 Å². The van der Waals surface area contributed by atoms with Crippen molar-refractivity contribution in [3.05, 3.63) is 34.4 Å². The summed E-state index contributed by atoms with van der Waals surface area (Å²) >= 11 is 5.63. The number of carbonyl (C=O) groups is 2. The summed E-state index contributed by atoms with van der Waals surface area (Å²) in [5.74, 6) is -4.54. The Bertz CT molecular complexity index is 799. The Morgan fingerprint density at radius 2 is 1.96 bits per heavy atom. The number of nitrogens with one attached hydrogen (secondary N) is 1. The molecule has 0 spiro atoms. The van der Waals surface area contributed by atoms with Crippen LogP contribution in [0.2, 0.25) is 5.02 Å². The van der Waals surface area contributed by atoms with Crippen molar-refractivity contribution in [1.29, 1.82) is 0 Å². The Balaban J connectivity index is 1.95. The largest absolute Gasteiger partial charge is 0.452 e. The van der Waals surface area contributed by atoms with Gasteiger partial charge in [-0.25, -0.2) is 22.0 Å². The fraction of sp³-hybridized carbons (Fsp3) is 0.429. The van der Waals surface area contributed by atoms with Crippen molar-refractivity contribution in [2.75, 3.05) is 18.1 Å². The molecular formula is C14H14ClF2NO5S. The Labute approximate surface area is 142 Å². The van der Waals surface area contributed by atoms with E-state index in [0.29, 0.717) is 12.1 Å². The second-order valence-electron chi connectivity index (χ2n) is 5.77. The summed E-state index contributed by atoms with van der Waals surface area (Å²) in [5.41, 5.74) is -1.35. The van der Waals surface area contributed by atoms with Crippen LogP contribution in [0, 0.1) is 11.6 Å². The quantitative estimate of drug-likeness (QED) is 0.630. The molecule has 1 aromatic rings. The number of esters is 1. The van der Waals surface area contributed by atoms with Gasteiger partial charge in [-0.05, 0) is 25.5 Å². The number of benzene rings is 1. The lowest BCUT2D eigenvalue weighted by Gasteiger charge is -2.23. The van der Waals surface area contributed by atoms with Crippen LogP contribution < -0.4 is 5.32 Å². The molecule has 0 aromatic heterocycles. The number of amides is 1. The highest BCUT2D eigenvalue weighted by atomic mass is 35.5. The normalized spacial score (nSPS) is 22.2. The minimum Gasteiger partial charge on any atom is -0.452 e. The van der Waals surface area contributed by atoms with E-state index in [-0.39, 0.29) is 22.9 Å². The molecule has 0 saturated carbocycles. The van der Waals surface area contributed by atoms with E-state index in [4.69, 9.17) is 16.3 Å². The van der Waals surface area contributed by atoms with Gasteiger partial charge in [0.1, 0.15) is 0 Å². The maximum atomic E-state index is 13.1. The molecule has 24 heavy (non-hydrogen) atoms. The molecule has 2 rings (SSSR count). The SMILES string of the molecule is C[C@@]1(NC(=O)COC(=O)c2cc(F)c(F)cc2Cl)CCS(=O)(=O)C1. The van der Waals surface area contributed by atoms with E-state index >= 15 is 0 Å². The number of carbonyl (C=O) groups excluding carboxylic acids is 2. The van der Waals surface area contributed by atoms with Crippen molar-refractivity contribution in [2.24, 2.45) is 0 Å². The molecule has 0 aliphatic carbocycles. The van der Waals surface area contributed by atoms with E-state index in [1.807, 2.05) is 0 Å². The van der Waals surface area contributed by atoms with Crippen LogP contribution >= 0.6 is 11.6 Å². The van der Waals surface area contributed by atoms with Crippen LogP contribution in [0.4, 0.5) is 8.78 Å². The van der Waals surface area contributed by atoms with Gasteiger partial charge in [-0.15, -0.1) is 0 Å². The first-order chi connectivity index (χ1) is 11.0. The summed E-state index contributed by atoms with van der Waals surface area (Å²) in [6, 6.07) is 1.20. The van der Waals surface area contributed by atoms with Crippen LogP contribution in [-0.2, 0) is 19.4 Å². The second-order valence-corrected chi connectivity index (χ2v) is 8.36. The van der Waals surface area contributed by atoms with E-state index in [9.17, 15) is 26.8 Å². The molecule has 1 atom stereocenters. The maximum absolute atomic E-state index is 13.1. The number of halogens is 3. The van der Waals surface area contributed by atoms with Gasteiger partial charge >= 0.3 is 5.97 Å². The zero-order chi connectivity index (χ0) is 18.1. The lowest BCUT2D eigenvalue weighted by atomic mass is 10.0. The van der Waals surface area contributed by atoms with Crippen LogP contribution in [0.3, 0.4) is 0 Å². The summed E-state index contributed by atoms with van der Waals surface area (Å²) in [4.78, 5) is 23.6. The first-order valence-electron chi connectivity index (χ1n) is 6.84. The third-order valence-electron chi connectivity index (χ3n) is 3.51. The van der Waals surface area contributed by atoms with Gasteiger partial charge in [-0.2, -0.15) is 0 Å². The Morgan fingerprint density at radius 3 is 2.54 bits per heavy atom. The van der Waals surface area contributed by atoms with Gasteiger partial charge in [-0.1, -0.05) is 11.6 Å². The zero-order valence-corrected chi connectivity index (χ0v) is 14.1. The van der Waals surface area contributed by atoms with E-state index in [1.165, 1.54) is 0 Å². The molecule has 10 heteroatoms. The van der Waals surface area contributed by atoms with Gasteiger partial charge in [0.05, 0.1) is 27.6 Å². The molecule has 1 fully saturated rings. The lowest BCUT2D eigenvalue weighted by molar-refractivity contribution is -0.125. The highest BCUT2D eigenvalue weighted by molar-refractivity contribution is 7.91. The van der Waals surface area contributed by atoms with Crippen molar-refractivity contribution in [3.63, 3.8) is 0 Å². The van der Waals surface area contributed by atoms with Gasteiger partial charge in [-0.3, -0.25) is 4.79 Å². The summed E-state index contributed by atoms with van der Waals surface area (Å²) in [6.07, 6.45) is 0.254. The Morgan fingerprint density at radius 1 is 1.33 bits per heavy atom. The van der Waals surface area contributed by atoms with Gasteiger partial charge in [0.2, 0.25) is 0 Å². The van der Waals surface area contributed by atoms with E-state index in [0.717, 1.165) is 0 Å². The summed E-state index contributed by atoms with van der Waals surface area (Å²) < 4.78 is 53.7. The first kappa shape index (κ1) is 18.6. The van der Waals surface area contributed by atoms with Gasteiger partial charge in [0.15, 0.2) is 28.1 Å². The number of rotatable bonds is 4. The summed E-state index contributed by atoms with van der Waals surface area (Å²) in [5, 5.41) is 2.14. The smallest absolute Gasteiger partial charge is 0.340 e. The zero-order valence-electron chi connectivity index (χ0n) is 12.6. The summed E-state index contributed by atoms with van der Waals surface area (Å²) in [7, 11) is -3.21. The minimum absolute atomic E-state index is 0.0337. The summed E-state index contributed by atoms with van der Waals surface area (Å²) in [6.45, 7) is 0.868. The minimum atomic E-state index is -3.21. The van der Waals surface area contributed by atoms with E-state index in [2.05, 4.69) is 5.32 Å². The van der Waals surface area contributed by atoms with Crippen molar-refractivity contribution < 1.29 is 31.5 Å². The van der Waals surface area contributed by atoms with E-state index in [1.54, 1.807) is 6.92 Å². The monoisotopic (exact) mass is 381 g/mol. The molecule has 6 nitrogen and oxygen atoms in total. The number of ether oxygens (including phenoxy) is 1. The molecule has 1 heterocycles. The first-order valence-corrected chi connectivity index (χ1v) is 9.04. The molecule has 132 valence electrons. The molecule has 1 amide bonds. The van der Waals surface area contributed by atoms with Gasteiger partial charge < -0.3 is 10.1 Å². The van der Waals surface area contributed by atoms with Crippen molar-refractivity contribution in [2.45, 2.75) is 18.9 Å². The molecule has 1 aliphatic heterocycles. The fourth-order valence-corrected chi connectivity index (χ4v) is 4.69. The molecule has 1 aliphatic rings. The van der Waals surface area contributed by atoms with Crippen LogP contribution in [0.1, 0.15) is 23.7 Å². The average molecular weight is 382 g/mol. The number of hydrogen-bond acceptors (Lipinski definition) is 5. The molecule has 1 saturated heterocycles. The Kier molecular flexibility index (Phi) is 5.14. The van der Waals surface area contributed by atoms with Crippen LogP contribution in [0.25, 0.3) is 0 Å². The Hall–Kier alpha value is -1.74.